The van der Waals surface area contributed by atoms with E-state index in [1.54, 1.807) is 0 Å². The van der Waals surface area contributed by atoms with Crippen LogP contribution in [0.25, 0.3) is 0 Å². The van der Waals surface area contributed by atoms with E-state index < -0.39 is 0 Å². The van der Waals surface area contributed by atoms with Crippen molar-refractivity contribution in [3.63, 3.8) is 0 Å². The number of nitrogens with two attached hydrogens (primary N) is 1. The number of likely N-dealkylation sites (tertiary alicyclic amines) is 1. The van der Waals surface area contributed by atoms with E-state index in [4.69, 9.17) is 5.73 Å². The molecule has 2 atom stereocenters. The monoisotopic (exact) mass is 174 g/mol. The molecule has 0 aromatic rings. The van der Waals surface area contributed by atoms with Gasteiger partial charge in [-0.25, -0.2) is 0 Å². The zero-order valence-electron chi connectivity index (χ0n) is 7.42. The third-order valence-corrected chi connectivity index (χ3v) is 3.14. The molecule has 0 aromatic carbocycles. The summed E-state index contributed by atoms with van der Waals surface area (Å²) in [6.45, 7) is 1.18. The van der Waals surface area contributed by atoms with Gasteiger partial charge in [-0.15, -0.1) is 0 Å². The van der Waals surface area contributed by atoms with Crippen LogP contribution in [0.1, 0.15) is 12.8 Å². The summed E-state index contributed by atoms with van der Waals surface area (Å²) in [6, 6.07) is 1.06. The maximum Gasteiger partial charge on any atom is 0.0252 e. The van der Waals surface area contributed by atoms with Gasteiger partial charge in [0.05, 0.1) is 0 Å². The lowest BCUT2D eigenvalue weighted by molar-refractivity contribution is 0.292. The smallest absolute Gasteiger partial charge is 0.0252 e. The summed E-state index contributed by atoms with van der Waals surface area (Å²) in [5.74, 6) is 1.24. The largest absolute Gasteiger partial charge is 0.326 e. The van der Waals surface area contributed by atoms with Crippen molar-refractivity contribution in [2.75, 3.05) is 25.6 Å². The van der Waals surface area contributed by atoms with E-state index in [2.05, 4.69) is 18.2 Å². The van der Waals surface area contributed by atoms with Gasteiger partial charge in [0.2, 0.25) is 0 Å². The van der Waals surface area contributed by atoms with Gasteiger partial charge >= 0.3 is 0 Å². The molecule has 1 unspecified atom stereocenters. The molecule has 0 aliphatic carbocycles. The lowest BCUT2D eigenvalue weighted by Gasteiger charge is -2.21. The Hall–Kier alpha value is 0.270. The predicted molar refractivity (Wildman–Crippen MR) is 52.0 cm³/mol. The molecule has 3 heteroatoms. The fourth-order valence-electron chi connectivity index (χ4n) is 1.71. The first-order chi connectivity index (χ1) is 5.25. The molecule has 11 heavy (non-hydrogen) atoms. The molecule has 66 valence electrons. The first kappa shape index (κ1) is 9.36. The minimum absolute atomic E-state index is 0.423. The van der Waals surface area contributed by atoms with Crippen LogP contribution in [0.2, 0.25) is 0 Å². The topological polar surface area (TPSA) is 29.3 Å². The number of hydrogen-bond donors (Lipinski definition) is 1. The van der Waals surface area contributed by atoms with Gasteiger partial charge < -0.3 is 10.6 Å². The summed E-state index contributed by atoms with van der Waals surface area (Å²) >= 11 is 1.91. The summed E-state index contributed by atoms with van der Waals surface area (Å²) in [5.41, 5.74) is 5.96. The lowest BCUT2D eigenvalue weighted by atomic mass is 10.1. The Morgan fingerprint density at radius 3 is 2.82 bits per heavy atom. The van der Waals surface area contributed by atoms with Gasteiger partial charge in [-0.3, -0.25) is 0 Å². The molecule has 1 saturated heterocycles. The Morgan fingerprint density at radius 1 is 1.64 bits per heavy atom. The summed E-state index contributed by atoms with van der Waals surface area (Å²) in [4.78, 5) is 2.39. The first-order valence-electron chi connectivity index (χ1n) is 4.20. The molecule has 1 heterocycles. The van der Waals surface area contributed by atoms with Crippen LogP contribution < -0.4 is 5.73 Å². The zero-order chi connectivity index (χ0) is 8.27. The van der Waals surface area contributed by atoms with Crippen LogP contribution in [0.4, 0.5) is 0 Å². The molecule has 0 bridgehead atoms. The van der Waals surface area contributed by atoms with Crippen molar-refractivity contribution in [3.05, 3.63) is 0 Å². The minimum atomic E-state index is 0.423. The zero-order valence-corrected chi connectivity index (χ0v) is 8.23. The van der Waals surface area contributed by atoms with Crippen molar-refractivity contribution < 1.29 is 0 Å². The molecule has 0 spiro atoms. The van der Waals surface area contributed by atoms with E-state index in [1.165, 1.54) is 25.1 Å². The van der Waals surface area contributed by atoms with Gasteiger partial charge in [0, 0.05) is 12.1 Å². The van der Waals surface area contributed by atoms with E-state index in [9.17, 15) is 0 Å². The molecular weight excluding hydrogens is 156 g/mol. The SMILES string of the molecule is CSCC[C@H]1C(N)CCN1C. The third kappa shape index (κ3) is 2.36. The van der Waals surface area contributed by atoms with Crippen molar-refractivity contribution >= 4 is 11.8 Å². The minimum Gasteiger partial charge on any atom is -0.326 e. The fraction of sp³-hybridized carbons (Fsp3) is 1.00. The second-order valence-electron chi connectivity index (χ2n) is 3.28. The molecule has 1 aliphatic heterocycles. The Balaban J connectivity index is 2.29. The van der Waals surface area contributed by atoms with E-state index in [0.717, 1.165) is 0 Å². The van der Waals surface area contributed by atoms with Crippen LogP contribution in [0.3, 0.4) is 0 Å². The summed E-state index contributed by atoms with van der Waals surface area (Å²) < 4.78 is 0. The molecule has 2 N–H and O–H groups in total. The average Bonchev–Trinajstić information content (AvgIpc) is 2.29. The molecule has 0 aromatic heterocycles. The van der Waals surface area contributed by atoms with E-state index in [1.807, 2.05) is 11.8 Å². The summed E-state index contributed by atoms with van der Waals surface area (Å²) in [6.07, 6.45) is 4.58. The number of thioether (sulfide) groups is 1. The van der Waals surface area contributed by atoms with Crippen LogP contribution in [-0.4, -0.2) is 42.6 Å². The molecule has 1 aliphatic rings. The first-order valence-corrected chi connectivity index (χ1v) is 5.60. The third-order valence-electron chi connectivity index (χ3n) is 2.49. The molecule has 0 radical (unpaired) electrons. The second kappa shape index (κ2) is 4.33. The van der Waals surface area contributed by atoms with E-state index in [0.29, 0.717) is 12.1 Å². The van der Waals surface area contributed by atoms with Gasteiger partial charge in [0.1, 0.15) is 0 Å². The standard InChI is InChI=1S/C8H18N2S/c1-10-5-3-7(9)8(10)4-6-11-2/h7-8H,3-6,9H2,1-2H3/t7?,8-/m0/s1. The molecule has 1 rings (SSSR count). The van der Waals surface area contributed by atoms with Crippen molar-refractivity contribution in [1.82, 2.24) is 4.90 Å². The summed E-state index contributed by atoms with van der Waals surface area (Å²) in [5, 5.41) is 0. The highest BCUT2D eigenvalue weighted by Gasteiger charge is 2.27. The number of nitrogens with zero attached hydrogens (tertiary/aromatic N) is 1. The Kier molecular flexibility index (Phi) is 3.69. The molecular formula is C8H18N2S. The maximum absolute atomic E-state index is 5.96. The highest BCUT2D eigenvalue weighted by Crippen LogP contribution is 2.18. The Bertz CT molecular complexity index is 109. The highest BCUT2D eigenvalue weighted by atomic mass is 32.2. The van der Waals surface area contributed by atoms with Crippen molar-refractivity contribution in [2.24, 2.45) is 5.73 Å². The van der Waals surface area contributed by atoms with Crippen LogP contribution >= 0.6 is 11.8 Å². The quantitative estimate of drug-likeness (QED) is 0.685. The highest BCUT2D eigenvalue weighted by molar-refractivity contribution is 7.98. The van der Waals surface area contributed by atoms with Gasteiger partial charge in [-0.1, -0.05) is 0 Å². The summed E-state index contributed by atoms with van der Waals surface area (Å²) in [7, 11) is 2.18. The maximum atomic E-state index is 5.96. The average molecular weight is 174 g/mol. The number of hydrogen-bond acceptors (Lipinski definition) is 3. The lowest BCUT2D eigenvalue weighted by Crippen LogP contribution is -2.37. The van der Waals surface area contributed by atoms with Crippen LogP contribution in [0.5, 0.6) is 0 Å². The van der Waals surface area contributed by atoms with Gasteiger partial charge in [-0.2, -0.15) is 11.8 Å². The van der Waals surface area contributed by atoms with Crippen LogP contribution in [0.15, 0.2) is 0 Å². The van der Waals surface area contributed by atoms with Gasteiger partial charge in [0.15, 0.2) is 0 Å². The molecule has 2 nitrogen and oxygen atoms in total. The van der Waals surface area contributed by atoms with Crippen molar-refractivity contribution in [2.45, 2.75) is 24.9 Å². The van der Waals surface area contributed by atoms with E-state index >= 15 is 0 Å². The van der Waals surface area contributed by atoms with Crippen molar-refractivity contribution in [1.29, 1.82) is 0 Å². The van der Waals surface area contributed by atoms with Gasteiger partial charge in [0.25, 0.3) is 0 Å². The second-order valence-corrected chi connectivity index (χ2v) is 4.27. The Labute approximate surface area is 73.5 Å². The van der Waals surface area contributed by atoms with Crippen LogP contribution in [0, 0.1) is 0 Å². The normalized spacial score (nSPS) is 33.0. The van der Waals surface area contributed by atoms with Gasteiger partial charge in [-0.05, 0) is 38.4 Å². The number of rotatable bonds is 3. The molecule has 0 saturated carbocycles. The van der Waals surface area contributed by atoms with Crippen LogP contribution in [-0.2, 0) is 0 Å². The number of likely N-dealkylation sites (N-methyl/N-ethyl adjacent to an activating group) is 1. The molecule has 0 amide bonds. The molecule has 1 fully saturated rings. The van der Waals surface area contributed by atoms with E-state index in [-0.39, 0.29) is 0 Å². The predicted octanol–water partition coefficient (Wildman–Crippen LogP) is 0.771. The Morgan fingerprint density at radius 2 is 2.36 bits per heavy atom. The fourth-order valence-corrected chi connectivity index (χ4v) is 2.19. The van der Waals surface area contributed by atoms with Crippen molar-refractivity contribution in [3.8, 4) is 0 Å².